The molecule has 106 valence electrons. The molecule has 7 nitrogen and oxygen atoms in total. The molecule has 0 atom stereocenters. The van der Waals surface area contributed by atoms with Crippen LogP contribution in [0.25, 0.3) is 0 Å². The number of hydrogen-bond donors (Lipinski definition) is 2. The van der Waals surface area contributed by atoms with Crippen molar-refractivity contribution in [2.24, 2.45) is 7.05 Å². The van der Waals surface area contributed by atoms with E-state index in [1.165, 1.54) is 0 Å². The number of nitrogen functional groups attached to an aromatic ring is 1. The van der Waals surface area contributed by atoms with Crippen molar-refractivity contribution in [3.05, 3.63) is 35.9 Å². The monoisotopic (exact) mass is 275 g/mol. The van der Waals surface area contributed by atoms with E-state index in [9.17, 15) is 4.79 Å². The van der Waals surface area contributed by atoms with E-state index in [2.05, 4.69) is 15.4 Å². The molecule has 1 aromatic heterocycles. The number of aromatic nitrogens is 3. The molecule has 0 unspecified atom stereocenters. The SMILES string of the molecule is CCOC(=O)c1cc(NCc2ncn(C)n2)ccc1N. The summed E-state index contributed by atoms with van der Waals surface area (Å²) in [5, 5.41) is 7.29. The van der Waals surface area contributed by atoms with Crippen LogP contribution in [0.4, 0.5) is 11.4 Å². The lowest BCUT2D eigenvalue weighted by Gasteiger charge is -2.09. The molecule has 0 radical (unpaired) electrons. The van der Waals surface area contributed by atoms with Crippen molar-refractivity contribution in [2.75, 3.05) is 17.7 Å². The van der Waals surface area contributed by atoms with Crippen LogP contribution >= 0.6 is 0 Å². The van der Waals surface area contributed by atoms with Gasteiger partial charge >= 0.3 is 5.97 Å². The molecule has 0 aliphatic heterocycles. The number of carbonyl (C=O) groups excluding carboxylic acids is 1. The fourth-order valence-electron chi connectivity index (χ4n) is 1.70. The molecule has 0 amide bonds. The molecule has 7 heteroatoms. The molecule has 0 fully saturated rings. The third kappa shape index (κ3) is 3.25. The van der Waals surface area contributed by atoms with Gasteiger partial charge in [-0.2, -0.15) is 5.10 Å². The Bertz CT molecular complexity index is 609. The van der Waals surface area contributed by atoms with Gasteiger partial charge in [-0.1, -0.05) is 0 Å². The number of esters is 1. The average Bonchev–Trinajstić information content (AvgIpc) is 2.84. The zero-order valence-corrected chi connectivity index (χ0v) is 11.5. The minimum Gasteiger partial charge on any atom is -0.462 e. The van der Waals surface area contributed by atoms with Gasteiger partial charge in [0.15, 0.2) is 5.82 Å². The highest BCUT2D eigenvalue weighted by molar-refractivity contribution is 5.96. The van der Waals surface area contributed by atoms with Crippen LogP contribution in [-0.4, -0.2) is 27.3 Å². The van der Waals surface area contributed by atoms with Gasteiger partial charge in [0.25, 0.3) is 0 Å². The summed E-state index contributed by atoms with van der Waals surface area (Å²) >= 11 is 0. The Labute approximate surface area is 116 Å². The lowest BCUT2D eigenvalue weighted by atomic mass is 10.1. The molecular formula is C13H17N5O2. The van der Waals surface area contributed by atoms with Crippen molar-refractivity contribution in [1.29, 1.82) is 0 Å². The van der Waals surface area contributed by atoms with Crippen molar-refractivity contribution in [3.63, 3.8) is 0 Å². The molecule has 20 heavy (non-hydrogen) atoms. The fourth-order valence-corrected chi connectivity index (χ4v) is 1.70. The number of aryl methyl sites for hydroxylation is 1. The van der Waals surface area contributed by atoms with E-state index < -0.39 is 5.97 Å². The molecule has 0 saturated heterocycles. The molecule has 1 heterocycles. The summed E-state index contributed by atoms with van der Waals surface area (Å²) in [4.78, 5) is 15.8. The third-order valence-corrected chi connectivity index (χ3v) is 2.65. The smallest absolute Gasteiger partial charge is 0.340 e. The second kappa shape index (κ2) is 6.05. The first kappa shape index (κ1) is 13.9. The van der Waals surface area contributed by atoms with Gasteiger partial charge in [-0.05, 0) is 25.1 Å². The number of nitrogens with zero attached hydrogens (tertiary/aromatic N) is 3. The zero-order chi connectivity index (χ0) is 14.5. The van der Waals surface area contributed by atoms with Gasteiger partial charge in [0.1, 0.15) is 6.33 Å². The first-order valence-electron chi connectivity index (χ1n) is 6.25. The third-order valence-electron chi connectivity index (χ3n) is 2.65. The van der Waals surface area contributed by atoms with Crippen molar-refractivity contribution >= 4 is 17.3 Å². The average molecular weight is 275 g/mol. The van der Waals surface area contributed by atoms with Crippen LogP contribution < -0.4 is 11.1 Å². The van der Waals surface area contributed by atoms with Crippen molar-refractivity contribution in [1.82, 2.24) is 14.8 Å². The Morgan fingerprint density at radius 2 is 2.30 bits per heavy atom. The lowest BCUT2D eigenvalue weighted by Crippen LogP contribution is -2.09. The van der Waals surface area contributed by atoms with Gasteiger partial charge < -0.3 is 15.8 Å². The molecule has 2 aromatic rings. The Morgan fingerprint density at radius 1 is 1.50 bits per heavy atom. The predicted molar refractivity (Wildman–Crippen MR) is 75.1 cm³/mol. The summed E-state index contributed by atoms with van der Waals surface area (Å²) in [5.41, 5.74) is 7.28. The van der Waals surface area contributed by atoms with Gasteiger partial charge in [0.2, 0.25) is 0 Å². The summed E-state index contributed by atoms with van der Waals surface area (Å²) in [6.45, 7) is 2.53. The van der Waals surface area contributed by atoms with Gasteiger partial charge in [0.05, 0.1) is 18.7 Å². The van der Waals surface area contributed by atoms with Gasteiger partial charge in [-0.15, -0.1) is 0 Å². The molecule has 0 aliphatic rings. The summed E-state index contributed by atoms with van der Waals surface area (Å²) < 4.78 is 6.58. The van der Waals surface area contributed by atoms with Crippen LogP contribution in [0, 0.1) is 0 Å². The second-order valence-corrected chi connectivity index (χ2v) is 4.21. The number of hydrogen-bond acceptors (Lipinski definition) is 6. The highest BCUT2D eigenvalue weighted by atomic mass is 16.5. The number of ether oxygens (including phenoxy) is 1. The highest BCUT2D eigenvalue weighted by Gasteiger charge is 2.11. The summed E-state index contributed by atoms with van der Waals surface area (Å²) in [6.07, 6.45) is 1.63. The topological polar surface area (TPSA) is 95.1 Å². The molecule has 1 aromatic carbocycles. The van der Waals surface area contributed by atoms with Crippen LogP contribution in [0.3, 0.4) is 0 Å². The molecular weight excluding hydrogens is 258 g/mol. The predicted octanol–water partition coefficient (Wildman–Crippen LogP) is 1.19. The van der Waals surface area contributed by atoms with E-state index in [-0.39, 0.29) is 0 Å². The molecule has 2 rings (SSSR count). The van der Waals surface area contributed by atoms with Crippen LogP contribution in [0.1, 0.15) is 23.1 Å². The van der Waals surface area contributed by atoms with Crippen molar-refractivity contribution < 1.29 is 9.53 Å². The molecule has 0 bridgehead atoms. The molecule has 0 aliphatic carbocycles. The number of nitrogens with two attached hydrogens (primary N) is 1. The minimum atomic E-state index is -0.426. The van der Waals surface area contributed by atoms with Crippen LogP contribution in [0.15, 0.2) is 24.5 Å². The zero-order valence-electron chi connectivity index (χ0n) is 11.5. The van der Waals surface area contributed by atoms with E-state index in [4.69, 9.17) is 10.5 Å². The Balaban J connectivity index is 2.08. The van der Waals surface area contributed by atoms with Gasteiger partial charge in [-0.3, -0.25) is 4.68 Å². The van der Waals surface area contributed by atoms with E-state index in [1.54, 1.807) is 43.2 Å². The summed E-state index contributed by atoms with van der Waals surface area (Å²) in [6, 6.07) is 5.12. The number of rotatable bonds is 5. The van der Waals surface area contributed by atoms with E-state index >= 15 is 0 Å². The molecule has 3 N–H and O–H groups in total. The fraction of sp³-hybridized carbons (Fsp3) is 0.308. The van der Waals surface area contributed by atoms with Gasteiger partial charge in [0, 0.05) is 18.4 Å². The largest absolute Gasteiger partial charge is 0.462 e. The normalized spacial score (nSPS) is 10.3. The first-order valence-corrected chi connectivity index (χ1v) is 6.25. The first-order chi connectivity index (χ1) is 9.60. The maximum absolute atomic E-state index is 11.7. The quantitative estimate of drug-likeness (QED) is 0.628. The van der Waals surface area contributed by atoms with E-state index in [1.807, 2.05) is 0 Å². The van der Waals surface area contributed by atoms with E-state index in [0.29, 0.717) is 30.2 Å². The summed E-state index contributed by atoms with van der Waals surface area (Å²) in [5.74, 6) is 0.242. The van der Waals surface area contributed by atoms with Crippen molar-refractivity contribution in [2.45, 2.75) is 13.5 Å². The standard InChI is InChI=1S/C13H17N5O2/c1-3-20-13(19)10-6-9(4-5-11(10)14)15-7-12-16-8-18(2)17-12/h4-6,8,15H,3,7,14H2,1-2H3. The Hall–Kier alpha value is -2.57. The van der Waals surface area contributed by atoms with Gasteiger partial charge in [-0.25, -0.2) is 9.78 Å². The minimum absolute atomic E-state index is 0.313. The van der Waals surface area contributed by atoms with Crippen LogP contribution in [-0.2, 0) is 18.3 Å². The molecule has 0 spiro atoms. The maximum Gasteiger partial charge on any atom is 0.340 e. The number of nitrogens with one attached hydrogen (secondary N) is 1. The Morgan fingerprint density at radius 3 is 2.95 bits per heavy atom. The van der Waals surface area contributed by atoms with Crippen LogP contribution in [0.5, 0.6) is 0 Å². The summed E-state index contributed by atoms with van der Waals surface area (Å²) in [7, 11) is 1.80. The Kier molecular flexibility index (Phi) is 4.19. The second-order valence-electron chi connectivity index (χ2n) is 4.21. The lowest BCUT2D eigenvalue weighted by molar-refractivity contribution is 0.0527. The van der Waals surface area contributed by atoms with Crippen LogP contribution in [0.2, 0.25) is 0 Å². The number of anilines is 2. The van der Waals surface area contributed by atoms with Crippen molar-refractivity contribution in [3.8, 4) is 0 Å². The molecule has 0 saturated carbocycles. The van der Waals surface area contributed by atoms with E-state index in [0.717, 1.165) is 5.69 Å². The maximum atomic E-state index is 11.7. The number of benzene rings is 1. The highest BCUT2D eigenvalue weighted by Crippen LogP contribution is 2.19. The number of carbonyl (C=O) groups is 1.